The third-order valence-electron chi connectivity index (χ3n) is 4.81. The molecule has 1 aliphatic heterocycles. The Bertz CT molecular complexity index is 1160. The van der Waals surface area contributed by atoms with E-state index in [2.05, 4.69) is 28.7 Å². The van der Waals surface area contributed by atoms with Crippen LogP contribution in [0.25, 0.3) is 6.08 Å². The van der Waals surface area contributed by atoms with Crippen LogP contribution in [0.1, 0.15) is 22.3 Å². The molecule has 3 aromatic rings. The smallest absolute Gasteiger partial charge is 0.293 e. The SMILES string of the molecule is Cc1cccc(COc2ccccc2/C=C2\SC(=O)N(Cc3ccc(I)cc3)C2=O)c1. The summed E-state index contributed by atoms with van der Waals surface area (Å²) in [6, 6.07) is 23.5. The largest absolute Gasteiger partial charge is 0.488 e. The number of thioether (sulfide) groups is 1. The van der Waals surface area contributed by atoms with Gasteiger partial charge in [-0.15, -0.1) is 0 Å². The van der Waals surface area contributed by atoms with Gasteiger partial charge < -0.3 is 4.74 Å². The molecule has 1 saturated heterocycles. The van der Waals surface area contributed by atoms with Crippen LogP contribution in [0.5, 0.6) is 5.75 Å². The molecule has 0 radical (unpaired) electrons. The highest BCUT2D eigenvalue weighted by Crippen LogP contribution is 2.35. The van der Waals surface area contributed by atoms with Crippen molar-refractivity contribution in [1.82, 2.24) is 4.90 Å². The van der Waals surface area contributed by atoms with Crippen molar-refractivity contribution in [3.8, 4) is 5.75 Å². The van der Waals surface area contributed by atoms with Crippen molar-refractivity contribution in [3.05, 3.63) is 104 Å². The summed E-state index contributed by atoms with van der Waals surface area (Å²) >= 11 is 3.19. The molecular formula is C25H20INO3S. The number of benzene rings is 3. The number of para-hydroxylation sites is 1. The van der Waals surface area contributed by atoms with Crippen molar-refractivity contribution in [3.63, 3.8) is 0 Å². The van der Waals surface area contributed by atoms with Gasteiger partial charge in [0.25, 0.3) is 11.1 Å². The van der Waals surface area contributed by atoms with E-state index in [4.69, 9.17) is 4.74 Å². The van der Waals surface area contributed by atoms with Crippen LogP contribution >= 0.6 is 34.4 Å². The fourth-order valence-corrected chi connectivity index (χ4v) is 4.43. The number of amides is 2. The molecule has 4 rings (SSSR count). The fraction of sp³-hybridized carbons (Fsp3) is 0.120. The number of hydrogen-bond donors (Lipinski definition) is 0. The van der Waals surface area contributed by atoms with E-state index in [9.17, 15) is 9.59 Å². The van der Waals surface area contributed by atoms with Crippen molar-refractivity contribution in [2.75, 3.05) is 0 Å². The Morgan fingerprint density at radius 3 is 2.52 bits per heavy atom. The number of nitrogens with zero attached hydrogens (tertiary/aromatic N) is 1. The van der Waals surface area contributed by atoms with Gasteiger partial charge in [0.1, 0.15) is 12.4 Å². The Morgan fingerprint density at radius 1 is 0.968 bits per heavy atom. The normalized spacial score (nSPS) is 15.0. The van der Waals surface area contributed by atoms with E-state index in [1.165, 1.54) is 10.5 Å². The molecule has 0 aromatic heterocycles. The first-order chi connectivity index (χ1) is 15.0. The van der Waals surface area contributed by atoms with E-state index in [0.717, 1.165) is 32.0 Å². The lowest BCUT2D eigenvalue weighted by molar-refractivity contribution is -0.123. The van der Waals surface area contributed by atoms with Crippen LogP contribution in [0.3, 0.4) is 0 Å². The number of hydrogen-bond acceptors (Lipinski definition) is 4. The van der Waals surface area contributed by atoms with E-state index < -0.39 is 0 Å². The number of aryl methyl sites for hydroxylation is 1. The highest BCUT2D eigenvalue weighted by molar-refractivity contribution is 14.1. The monoisotopic (exact) mass is 541 g/mol. The molecule has 1 aliphatic rings. The zero-order valence-electron chi connectivity index (χ0n) is 16.9. The van der Waals surface area contributed by atoms with Crippen molar-refractivity contribution in [1.29, 1.82) is 0 Å². The molecule has 0 N–H and O–H groups in total. The number of carbonyl (C=O) groups excluding carboxylic acids is 2. The number of carbonyl (C=O) groups is 2. The zero-order valence-corrected chi connectivity index (χ0v) is 19.9. The third kappa shape index (κ3) is 5.37. The Labute approximate surface area is 199 Å². The van der Waals surface area contributed by atoms with Crippen molar-refractivity contribution < 1.29 is 14.3 Å². The minimum absolute atomic E-state index is 0.257. The lowest BCUT2D eigenvalue weighted by atomic mass is 10.1. The van der Waals surface area contributed by atoms with Gasteiger partial charge >= 0.3 is 0 Å². The van der Waals surface area contributed by atoms with Crippen molar-refractivity contribution >= 4 is 51.6 Å². The lowest BCUT2D eigenvalue weighted by Gasteiger charge is -2.12. The van der Waals surface area contributed by atoms with Gasteiger partial charge in [-0.1, -0.05) is 60.2 Å². The minimum Gasteiger partial charge on any atom is -0.488 e. The molecule has 156 valence electrons. The first kappa shape index (κ1) is 21.6. The van der Waals surface area contributed by atoms with Gasteiger partial charge in [-0.05, 0) is 76.7 Å². The van der Waals surface area contributed by atoms with Crippen LogP contribution < -0.4 is 4.74 Å². The Balaban J connectivity index is 1.51. The molecule has 31 heavy (non-hydrogen) atoms. The Morgan fingerprint density at radius 2 is 1.74 bits per heavy atom. The number of rotatable bonds is 6. The Hall–Kier alpha value is -2.58. The molecule has 0 unspecified atom stereocenters. The number of imide groups is 1. The maximum Gasteiger partial charge on any atom is 0.293 e. The number of halogens is 1. The van der Waals surface area contributed by atoms with E-state index in [1.54, 1.807) is 6.08 Å². The maximum absolute atomic E-state index is 12.9. The summed E-state index contributed by atoms with van der Waals surface area (Å²) in [5.41, 5.74) is 3.95. The summed E-state index contributed by atoms with van der Waals surface area (Å²) in [5, 5.41) is -0.257. The average Bonchev–Trinajstić information content (AvgIpc) is 3.02. The van der Waals surface area contributed by atoms with Gasteiger partial charge in [0.2, 0.25) is 0 Å². The predicted molar refractivity (Wildman–Crippen MR) is 133 cm³/mol. The van der Waals surface area contributed by atoms with E-state index in [1.807, 2.05) is 73.7 Å². The van der Waals surface area contributed by atoms with Crippen LogP contribution in [-0.4, -0.2) is 16.0 Å². The molecule has 0 atom stereocenters. The summed E-state index contributed by atoms with van der Waals surface area (Å²) in [7, 11) is 0. The molecule has 3 aromatic carbocycles. The molecule has 0 saturated carbocycles. The predicted octanol–water partition coefficient (Wildman–Crippen LogP) is 6.42. The topological polar surface area (TPSA) is 46.6 Å². The van der Waals surface area contributed by atoms with Gasteiger partial charge in [0.15, 0.2) is 0 Å². The molecule has 2 amide bonds. The minimum atomic E-state index is -0.276. The van der Waals surface area contributed by atoms with Gasteiger partial charge in [0.05, 0.1) is 11.4 Å². The summed E-state index contributed by atoms with van der Waals surface area (Å²) < 4.78 is 7.13. The van der Waals surface area contributed by atoms with E-state index in [0.29, 0.717) is 17.3 Å². The van der Waals surface area contributed by atoms with Gasteiger partial charge in [-0.2, -0.15) is 0 Å². The molecule has 0 spiro atoms. The second-order valence-electron chi connectivity index (χ2n) is 7.21. The summed E-state index contributed by atoms with van der Waals surface area (Å²) in [4.78, 5) is 27.1. The van der Waals surface area contributed by atoms with Crippen molar-refractivity contribution in [2.45, 2.75) is 20.1 Å². The van der Waals surface area contributed by atoms with Gasteiger partial charge in [0, 0.05) is 9.13 Å². The quantitative estimate of drug-likeness (QED) is 0.267. The van der Waals surface area contributed by atoms with E-state index >= 15 is 0 Å². The van der Waals surface area contributed by atoms with E-state index in [-0.39, 0.29) is 17.7 Å². The first-order valence-electron chi connectivity index (χ1n) is 9.77. The molecular weight excluding hydrogens is 521 g/mol. The average molecular weight is 541 g/mol. The molecule has 6 heteroatoms. The first-order valence-corrected chi connectivity index (χ1v) is 11.7. The van der Waals surface area contributed by atoms with Crippen LogP contribution in [0, 0.1) is 10.5 Å². The standard InChI is InChI=1S/C25H20INO3S/c1-17-5-4-6-19(13-17)16-30-22-8-3-2-7-20(22)14-23-24(28)27(25(29)31-23)15-18-9-11-21(26)12-10-18/h2-14H,15-16H2,1H3/b23-14-. The molecule has 0 bridgehead atoms. The third-order valence-corrected chi connectivity index (χ3v) is 6.44. The van der Waals surface area contributed by atoms with Crippen molar-refractivity contribution in [2.24, 2.45) is 0 Å². The van der Waals surface area contributed by atoms with Gasteiger partial charge in [-0.25, -0.2) is 0 Å². The maximum atomic E-state index is 12.9. The summed E-state index contributed by atoms with van der Waals surface area (Å²) in [6.45, 7) is 2.75. The summed E-state index contributed by atoms with van der Waals surface area (Å²) in [5.74, 6) is 0.399. The molecule has 1 heterocycles. The van der Waals surface area contributed by atoms with Crippen LogP contribution in [0.15, 0.2) is 77.7 Å². The second kappa shape index (κ2) is 9.70. The second-order valence-corrected chi connectivity index (χ2v) is 9.45. The number of ether oxygens (including phenoxy) is 1. The fourth-order valence-electron chi connectivity index (χ4n) is 3.24. The lowest BCUT2D eigenvalue weighted by Crippen LogP contribution is -2.27. The molecule has 4 nitrogen and oxygen atoms in total. The summed E-state index contributed by atoms with van der Waals surface area (Å²) in [6.07, 6.45) is 1.74. The Kier molecular flexibility index (Phi) is 6.77. The highest BCUT2D eigenvalue weighted by Gasteiger charge is 2.35. The molecule has 0 aliphatic carbocycles. The zero-order chi connectivity index (χ0) is 21.8. The molecule has 1 fully saturated rings. The van der Waals surface area contributed by atoms with Crippen LogP contribution in [0.4, 0.5) is 4.79 Å². The van der Waals surface area contributed by atoms with Crippen LogP contribution in [0.2, 0.25) is 0 Å². The van der Waals surface area contributed by atoms with Gasteiger partial charge in [-0.3, -0.25) is 14.5 Å². The highest BCUT2D eigenvalue weighted by atomic mass is 127. The van der Waals surface area contributed by atoms with Crippen LogP contribution in [-0.2, 0) is 17.9 Å².